The Hall–Kier alpha value is -1.75. The maximum Gasteiger partial charge on any atom is 0.340 e. The molecule has 0 radical (unpaired) electrons. The van der Waals surface area contributed by atoms with Gasteiger partial charge in [0.05, 0.1) is 23.5 Å². The normalized spacial score (nSPS) is 21.8. The second-order valence-corrected chi connectivity index (χ2v) is 5.42. The summed E-state index contributed by atoms with van der Waals surface area (Å²) < 4.78 is 11.0. The molecule has 2 N–H and O–H groups in total. The van der Waals surface area contributed by atoms with Gasteiger partial charge in [0.2, 0.25) is 0 Å². The van der Waals surface area contributed by atoms with Crippen molar-refractivity contribution in [2.45, 2.75) is 32.0 Å². The van der Waals surface area contributed by atoms with E-state index in [9.17, 15) is 4.79 Å². The number of anilines is 2. The van der Waals surface area contributed by atoms with E-state index in [2.05, 4.69) is 0 Å². The summed E-state index contributed by atoms with van der Waals surface area (Å²) in [4.78, 5) is 14.1. The van der Waals surface area contributed by atoms with Crippen LogP contribution in [-0.2, 0) is 9.47 Å². The van der Waals surface area contributed by atoms with Gasteiger partial charge in [0.15, 0.2) is 0 Å². The Balaban J connectivity index is 2.03. The second kappa shape index (κ2) is 6.13. The summed E-state index contributed by atoms with van der Waals surface area (Å²) in [6.45, 7) is 2.33. The summed E-state index contributed by atoms with van der Waals surface area (Å²) >= 11 is 0. The number of carbonyl (C=O) groups is 1. The molecule has 5 heteroatoms. The molecule has 0 saturated carbocycles. The molecule has 1 aliphatic rings. The minimum Gasteiger partial charge on any atom is -0.459 e. The largest absolute Gasteiger partial charge is 0.459 e. The molecule has 1 aromatic carbocycles. The zero-order valence-electron chi connectivity index (χ0n) is 12.3. The Morgan fingerprint density at radius 2 is 2.20 bits per heavy atom. The van der Waals surface area contributed by atoms with Crippen LogP contribution in [0.15, 0.2) is 18.2 Å². The van der Waals surface area contributed by atoms with Gasteiger partial charge in [0.1, 0.15) is 6.61 Å². The second-order valence-electron chi connectivity index (χ2n) is 5.42. The monoisotopic (exact) mass is 278 g/mol. The highest BCUT2D eigenvalue weighted by Crippen LogP contribution is 2.23. The van der Waals surface area contributed by atoms with E-state index in [0.29, 0.717) is 17.9 Å². The average molecular weight is 278 g/mol. The molecule has 0 aromatic heterocycles. The molecule has 0 bridgehead atoms. The molecule has 110 valence electrons. The number of benzene rings is 1. The predicted molar refractivity (Wildman–Crippen MR) is 79.0 cm³/mol. The first kappa shape index (κ1) is 14.7. The van der Waals surface area contributed by atoms with Gasteiger partial charge in [-0.15, -0.1) is 0 Å². The molecule has 1 aliphatic heterocycles. The molecular formula is C15H22N2O3. The molecule has 1 aromatic rings. The van der Waals surface area contributed by atoms with Crippen LogP contribution in [0.5, 0.6) is 0 Å². The SMILES string of the molecule is CC1CCC(COC(=O)c2cc(N)ccc2N(C)C)O1. The summed E-state index contributed by atoms with van der Waals surface area (Å²) in [5, 5.41) is 0. The standard InChI is InChI=1S/C15H22N2O3/c1-10-4-6-12(20-10)9-19-15(18)13-8-11(16)5-7-14(13)17(2)3/h5,7-8,10,12H,4,6,9,16H2,1-3H3. The van der Waals surface area contributed by atoms with Crippen molar-refractivity contribution in [2.75, 3.05) is 31.3 Å². The van der Waals surface area contributed by atoms with Crippen LogP contribution in [0, 0.1) is 0 Å². The number of nitrogens with zero attached hydrogens (tertiary/aromatic N) is 1. The van der Waals surface area contributed by atoms with Crippen LogP contribution in [0.1, 0.15) is 30.1 Å². The predicted octanol–water partition coefficient (Wildman–Crippen LogP) is 2.06. The summed E-state index contributed by atoms with van der Waals surface area (Å²) in [5.74, 6) is -0.357. The third kappa shape index (κ3) is 3.42. The number of hydrogen-bond acceptors (Lipinski definition) is 5. The van der Waals surface area contributed by atoms with Gasteiger partial charge in [-0.3, -0.25) is 0 Å². The fraction of sp³-hybridized carbons (Fsp3) is 0.533. The van der Waals surface area contributed by atoms with Gasteiger partial charge < -0.3 is 20.1 Å². The maximum absolute atomic E-state index is 12.2. The lowest BCUT2D eigenvalue weighted by atomic mass is 10.1. The summed E-state index contributed by atoms with van der Waals surface area (Å²) in [6, 6.07) is 5.24. The molecule has 1 fully saturated rings. The molecule has 1 heterocycles. The fourth-order valence-electron chi connectivity index (χ4n) is 2.36. The van der Waals surface area contributed by atoms with Gasteiger partial charge in [-0.1, -0.05) is 0 Å². The Bertz CT molecular complexity index is 488. The van der Waals surface area contributed by atoms with E-state index in [0.717, 1.165) is 18.5 Å². The number of esters is 1. The fourth-order valence-corrected chi connectivity index (χ4v) is 2.36. The summed E-state index contributed by atoms with van der Waals surface area (Å²) in [5.41, 5.74) is 7.58. The highest BCUT2D eigenvalue weighted by Gasteiger charge is 2.24. The van der Waals surface area contributed by atoms with Crippen LogP contribution >= 0.6 is 0 Å². The van der Waals surface area contributed by atoms with E-state index in [1.807, 2.05) is 32.0 Å². The molecule has 2 rings (SSSR count). The van der Waals surface area contributed by atoms with Gasteiger partial charge in [0, 0.05) is 19.8 Å². The Kier molecular flexibility index (Phi) is 4.49. The van der Waals surface area contributed by atoms with Crippen LogP contribution in [0.4, 0.5) is 11.4 Å². The highest BCUT2D eigenvalue weighted by atomic mass is 16.6. The van der Waals surface area contributed by atoms with Gasteiger partial charge >= 0.3 is 5.97 Å². The first-order chi connectivity index (χ1) is 9.47. The molecular weight excluding hydrogens is 256 g/mol. The minimum atomic E-state index is -0.357. The van der Waals surface area contributed by atoms with Crippen molar-refractivity contribution >= 4 is 17.3 Å². The summed E-state index contributed by atoms with van der Waals surface area (Å²) in [6.07, 6.45) is 2.22. The molecule has 5 nitrogen and oxygen atoms in total. The topological polar surface area (TPSA) is 64.8 Å². The number of nitrogens with two attached hydrogens (primary N) is 1. The molecule has 0 amide bonds. The molecule has 2 atom stereocenters. The van der Waals surface area contributed by atoms with Crippen LogP contribution in [0.25, 0.3) is 0 Å². The van der Waals surface area contributed by atoms with E-state index < -0.39 is 0 Å². The van der Waals surface area contributed by atoms with Crippen molar-refractivity contribution in [2.24, 2.45) is 0 Å². The Morgan fingerprint density at radius 3 is 2.80 bits per heavy atom. The minimum absolute atomic E-state index is 0.0119. The third-order valence-corrected chi connectivity index (χ3v) is 3.44. The van der Waals surface area contributed by atoms with Gasteiger partial charge in [-0.25, -0.2) is 4.79 Å². The van der Waals surface area contributed by atoms with E-state index in [1.165, 1.54) is 0 Å². The van der Waals surface area contributed by atoms with Crippen molar-refractivity contribution in [1.82, 2.24) is 0 Å². The van der Waals surface area contributed by atoms with Crippen LogP contribution in [0.2, 0.25) is 0 Å². The van der Waals surface area contributed by atoms with Crippen molar-refractivity contribution < 1.29 is 14.3 Å². The van der Waals surface area contributed by atoms with Crippen molar-refractivity contribution in [1.29, 1.82) is 0 Å². The third-order valence-electron chi connectivity index (χ3n) is 3.44. The maximum atomic E-state index is 12.2. The average Bonchev–Trinajstić information content (AvgIpc) is 2.81. The molecule has 0 aliphatic carbocycles. The summed E-state index contributed by atoms with van der Waals surface area (Å²) in [7, 11) is 3.76. The molecule has 20 heavy (non-hydrogen) atoms. The Morgan fingerprint density at radius 1 is 1.45 bits per heavy atom. The molecule has 0 spiro atoms. The zero-order valence-corrected chi connectivity index (χ0v) is 12.3. The van der Waals surface area contributed by atoms with Crippen molar-refractivity contribution in [3.05, 3.63) is 23.8 Å². The van der Waals surface area contributed by atoms with Gasteiger partial charge in [-0.05, 0) is 38.0 Å². The number of rotatable bonds is 4. The first-order valence-electron chi connectivity index (χ1n) is 6.87. The smallest absolute Gasteiger partial charge is 0.340 e. The van der Waals surface area contributed by atoms with E-state index in [1.54, 1.807) is 12.1 Å². The number of nitrogen functional groups attached to an aromatic ring is 1. The number of ether oxygens (including phenoxy) is 2. The molecule has 1 saturated heterocycles. The first-order valence-corrected chi connectivity index (χ1v) is 6.87. The highest BCUT2D eigenvalue weighted by molar-refractivity contribution is 5.96. The lowest BCUT2D eigenvalue weighted by Crippen LogP contribution is -2.21. The van der Waals surface area contributed by atoms with Crippen LogP contribution in [-0.4, -0.2) is 38.9 Å². The lowest BCUT2D eigenvalue weighted by molar-refractivity contribution is -0.00261. The van der Waals surface area contributed by atoms with Crippen LogP contribution in [0.3, 0.4) is 0 Å². The van der Waals surface area contributed by atoms with Gasteiger partial charge in [-0.2, -0.15) is 0 Å². The van der Waals surface area contributed by atoms with Crippen LogP contribution < -0.4 is 10.6 Å². The van der Waals surface area contributed by atoms with Crippen molar-refractivity contribution in [3.63, 3.8) is 0 Å². The lowest BCUT2D eigenvalue weighted by Gasteiger charge is -2.18. The van der Waals surface area contributed by atoms with Gasteiger partial charge in [0.25, 0.3) is 0 Å². The zero-order chi connectivity index (χ0) is 14.7. The quantitative estimate of drug-likeness (QED) is 0.674. The number of hydrogen-bond donors (Lipinski definition) is 1. The van der Waals surface area contributed by atoms with E-state index in [-0.39, 0.29) is 18.2 Å². The Labute approximate surface area is 119 Å². The van der Waals surface area contributed by atoms with E-state index in [4.69, 9.17) is 15.2 Å². The number of carbonyl (C=O) groups excluding carboxylic acids is 1. The van der Waals surface area contributed by atoms with Crippen molar-refractivity contribution in [3.8, 4) is 0 Å². The van der Waals surface area contributed by atoms with E-state index >= 15 is 0 Å². The molecule has 2 unspecified atom stereocenters.